The van der Waals surface area contributed by atoms with Gasteiger partial charge in [0.1, 0.15) is 10.6 Å². The number of benzene rings is 1. The molecule has 2 N–H and O–H groups in total. The van der Waals surface area contributed by atoms with Crippen molar-refractivity contribution < 1.29 is 18.3 Å². The molecule has 1 aromatic heterocycles. The SMILES string of the molecule is Cc1ccc(Cl)c(NS(=O)(=O)c2cc(C(=O)O)n(C)c2)c1. The van der Waals surface area contributed by atoms with Crippen LogP contribution in [0.3, 0.4) is 0 Å². The Kier molecular flexibility index (Phi) is 3.97. The number of nitrogens with zero attached hydrogens (tertiary/aromatic N) is 1. The largest absolute Gasteiger partial charge is 0.477 e. The van der Waals surface area contributed by atoms with Crippen molar-refractivity contribution in [1.29, 1.82) is 0 Å². The summed E-state index contributed by atoms with van der Waals surface area (Å²) in [5, 5.41) is 9.22. The van der Waals surface area contributed by atoms with Crippen LogP contribution in [-0.2, 0) is 17.1 Å². The molecule has 0 fully saturated rings. The first kappa shape index (κ1) is 15.4. The highest BCUT2D eigenvalue weighted by Crippen LogP contribution is 2.26. The maximum absolute atomic E-state index is 12.3. The van der Waals surface area contributed by atoms with E-state index in [9.17, 15) is 13.2 Å². The molecule has 8 heteroatoms. The summed E-state index contributed by atoms with van der Waals surface area (Å²) in [6.07, 6.45) is 1.23. The second-order valence-electron chi connectivity index (χ2n) is 4.57. The monoisotopic (exact) mass is 328 g/mol. The van der Waals surface area contributed by atoms with E-state index >= 15 is 0 Å². The molecule has 0 aliphatic carbocycles. The lowest BCUT2D eigenvalue weighted by Crippen LogP contribution is -2.12. The molecule has 112 valence electrons. The number of nitrogens with one attached hydrogen (secondary N) is 1. The minimum absolute atomic E-state index is 0.120. The molecule has 6 nitrogen and oxygen atoms in total. The van der Waals surface area contributed by atoms with Crippen molar-refractivity contribution in [3.05, 3.63) is 46.7 Å². The molecule has 21 heavy (non-hydrogen) atoms. The Hall–Kier alpha value is -1.99. The van der Waals surface area contributed by atoms with Gasteiger partial charge in [-0.25, -0.2) is 13.2 Å². The van der Waals surface area contributed by atoms with Crippen LogP contribution >= 0.6 is 11.6 Å². The highest BCUT2D eigenvalue weighted by atomic mass is 35.5. The van der Waals surface area contributed by atoms with Crippen LogP contribution in [0.5, 0.6) is 0 Å². The zero-order valence-electron chi connectivity index (χ0n) is 11.3. The number of carboxylic acids is 1. The molecule has 0 spiro atoms. The Morgan fingerprint density at radius 2 is 2.00 bits per heavy atom. The predicted octanol–water partition coefficient (Wildman–Crippen LogP) is 2.49. The van der Waals surface area contributed by atoms with Gasteiger partial charge in [0.25, 0.3) is 10.0 Å². The molecule has 0 aliphatic heterocycles. The van der Waals surface area contributed by atoms with E-state index in [0.717, 1.165) is 11.6 Å². The van der Waals surface area contributed by atoms with Gasteiger partial charge >= 0.3 is 5.97 Å². The van der Waals surface area contributed by atoms with Gasteiger partial charge in [-0.1, -0.05) is 17.7 Å². The lowest BCUT2D eigenvalue weighted by molar-refractivity contribution is 0.0686. The van der Waals surface area contributed by atoms with Crippen molar-refractivity contribution in [1.82, 2.24) is 4.57 Å². The van der Waals surface area contributed by atoms with Gasteiger partial charge in [0, 0.05) is 13.2 Å². The van der Waals surface area contributed by atoms with Crippen molar-refractivity contribution in [3.8, 4) is 0 Å². The first-order chi connectivity index (χ1) is 9.70. The van der Waals surface area contributed by atoms with Crippen LogP contribution in [-0.4, -0.2) is 24.1 Å². The molecule has 0 amide bonds. The molecule has 0 saturated heterocycles. The number of aromatic nitrogens is 1. The lowest BCUT2D eigenvalue weighted by Gasteiger charge is -2.09. The molecular formula is C13H13ClN2O4S. The molecule has 0 aliphatic rings. The second kappa shape index (κ2) is 5.42. The topological polar surface area (TPSA) is 88.4 Å². The van der Waals surface area contributed by atoms with Gasteiger partial charge in [-0.05, 0) is 30.7 Å². The maximum Gasteiger partial charge on any atom is 0.352 e. The van der Waals surface area contributed by atoms with Crippen LogP contribution in [0, 0.1) is 6.92 Å². The molecule has 2 rings (SSSR count). The third-order valence-corrected chi connectivity index (χ3v) is 4.54. The first-order valence-electron chi connectivity index (χ1n) is 5.89. The van der Waals surface area contributed by atoms with Gasteiger partial charge in [-0.3, -0.25) is 4.72 Å². The molecule has 2 aromatic rings. The lowest BCUT2D eigenvalue weighted by atomic mass is 10.2. The second-order valence-corrected chi connectivity index (χ2v) is 6.66. The number of halogens is 1. The highest BCUT2D eigenvalue weighted by Gasteiger charge is 2.21. The molecule has 0 atom stereocenters. The summed E-state index contributed by atoms with van der Waals surface area (Å²) >= 11 is 5.95. The fraction of sp³-hybridized carbons (Fsp3) is 0.154. The molecule has 0 saturated carbocycles. The van der Waals surface area contributed by atoms with E-state index in [1.807, 2.05) is 0 Å². The molecule has 0 unspecified atom stereocenters. The van der Waals surface area contributed by atoms with Gasteiger partial charge in [0.05, 0.1) is 10.7 Å². The number of carboxylic acid groups (broad SMARTS) is 1. The van der Waals surface area contributed by atoms with E-state index in [-0.39, 0.29) is 21.3 Å². The van der Waals surface area contributed by atoms with Gasteiger partial charge in [0.15, 0.2) is 0 Å². The van der Waals surface area contributed by atoms with Crippen LogP contribution in [0.25, 0.3) is 0 Å². The zero-order valence-corrected chi connectivity index (χ0v) is 12.9. The van der Waals surface area contributed by atoms with E-state index in [4.69, 9.17) is 16.7 Å². The van der Waals surface area contributed by atoms with Crippen molar-refractivity contribution in [2.24, 2.45) is 7.05 Å². The number of carbonyl (C=O) groups is 1. The van der Waals surface area contributed by atoms with E-state index in [1.165, 1.54) is 17.8 Å². The summed E-state index contributed by atoms with van der Waals surface area (Å²) < 4.78 is 28.1. The van der Waals surface area contributed by atoms with Crippen LogP contribution < -0.4 is 4.72 Å². The summed E-state index contributed by atoms with van der Waals surface area (Å²) in [6.45, 7) is 1.80. The quantitative estimate of drug-likeness (QED) is 0.902. The van der Waals surface area contributed by atoms with Crippen molar-refractivity contribution in [2.45, 2.75) is 11.8 Å². The third kappa shape index (κ3) is 3.20. The summed E-state index contributed by atoms with van der Waals surface area (Å²) in [7, 11) is -2.45. The van der Waals surface area contributed by atoms with Crippen LogP contribution in [0.1, 0.15) is 16.1 Å². The number of hydrogen-bond acceptors (Lipinski definition) is 3. The van der Waals surface area contributed by atoms with Gasteiger partial charge in [0.2, 0.25) is 0 Å². The predicted molar refractivity (Wildman–Crippen MR) is 79.4 cm³/mol. The Bertz CT molecular complexity index is 812. The molecule has 1 heterocycles. The number of aromatic carboxylic acids is 1. The van der Waals surface area contributed by atoms with E-state index in [0.29, 0.717) is 0 Å². The highest BCUT2D eigenvalue weighted by molar-refractivity contribution is 7.92. The van der Waals surface area contributed by atoms with Gasteiger partial charge in [-0.2, -0.15) is 0 Å². The van der Waals surface area contributed by atoms with Crippen molar-refractivity contribution in [3.63, 3.8) is 0 Å². The Morgan fingerprint density at radius 3 is 2.57 bits per heavy atom. The van der Waals surface area contributed by atoms with Gasteiger partial charge in [-0.15, -0.1) is 0 Å². The zero-order chi connectivity index (χ0) is 15.8. The fourth-order valence-electron chi connectivity index (χ4n) is 1.81. The minimum Gasteiger partial charge on any atom is -0.477 e. The van der Waals surface area contributed by atoms with E-state index < -0.39 is 16.0 Å². The van der Waals surface area contributed by atoms with Crippen molar-refractivity contribution >= 4 is 33.3 Å². The van der Waals surface area contributed by atoms with Gasteiger partial charge < -0.3 is 9.67 Å². The normalized spacial score (nSPS) is 11.4. The fourth-order valence-corrected chi connectivity index (χ4v) is 3.18. The third-order valence-electron chi connectivity index (χ3n) is 2.88. The van der Waals surface area contributed by atoms with Crippen LogP contribution in [0.2, 0.25) is 5.02 Å². The average molecular weight is 329 g/mol. The number of aryl methyl sites for hydroxylation is 2. The number of sulfonamides is 1. The standard InChI is InChI=1S/C13H13ClN2O4S/c1-8-3-4-10(14)11(5-8)15-21(19,20)9-6-12(13(17)18)16(2)7-9/h3-7,15H,1-2H3,(H,17,18). The smallest absolute Gasteiger partial charge is 0.352 e. The number of hydrogen-bond donors (Lipinski definition) is 2. The molecule has 0 bridgehead atoms. The molecule has 0 radical (unpaired) electrons. The van der Waals surface area contributed by atoms with Crippen LogP contribution in [0.15, 0.2) is 35.4 Å². The first-order valence-corrected chi connectivity index (χ1v) is 7.75. The minimum atomic E-state index is -3.91. The summed E-state index contributed by atoms with van der Waals surface area (Å²) in [6, 6.07) is 6.03. The summed E-state index contributed by atoms with van der Waals surface area (Å²) in [4.78, 5) is 10.8. The Morgan fingerprint density at radius 1 is 1.33 bits per heavy atom. The summed E-state index contributed by atoms with van der Waals surface area (Å²) in [5.41, 5.74) is 0.972. The Balaban J connectivity index is 2.41. The number of rotatable bonds is 4. The maximum atomic E-state index is 12.3. The summed E-state index contributed by atoms with van der Waals surface area (Å²) in [5.74, 6) is -1.20. The number of anilines is 1. The van der Waals surface area contributed by atoms with E-state index in [1.54, 1.807) is 25.1 Å². The molecule has 1 aromatic carbocycles. The Labute approximate surface area is 127 Å². The van der Waals surface area contributed by atoms with E-state index in [2.05, 4.69) is 4.72 Å². The van der Waals surface area contributed by atoms with Crippen LogP contribution in [0.4, 0.5) is 5.69 Å². The molecular weight excluding hydrogens is 316 g/mol. The average Bonchev–Trinajstić information content (AvgIpc) is 2.77. The van der Waals surface area contributed by atoms with Crippen molar-refractivity contribution in [2.75, 3.05) is 4.72 Å².